The Morgan fingerprint density at radius 1 is 1.50 bits per heavy atom. The quantitative estimate of drug-likeness (QED) is 0.879. The molecule has 6 nitrogen and oxygen atoms in total. The molecule has 1 atom stereocenters. The molecule has 1 aromatic carbocycles. The van der Waals surface area contributed by atoms with Gasteiger partial charge in [-0.1, -0.05) is 17.7 Å². The van der Waals surface area contributed by atoms with Crippen LogP contribution in [0.2, 0.25) is 5.02 Å². The minimum atomic E-state index is -3.96. The molecular weight excluding hydrogens is 330 g/mol. The molecule has 1 fully saturated rings. The molecule has 1 saturated heterocycles. The zero-order valence-electron chi connectivity index (χ0n) is 12.4. The number of carbonyl (C=O) groups is 1. The molecule has 1 aliphatic heterocycles. The van der Waals surface area contributed by atoms with Crippen LogP contribution in [0.3, 0.4) is 0 Å². The van der Waals surface area contributed by atoms with Gasteiger partial charge in [0.15, 0.2) is 5.54 Å². The van der Waals surface area contributed by atoms with Crippen molar-refractivity contribution in [3.63, 3.8) is 0 Å². The van der Waals surface area contributed by atoms with Crippen molar-refractivity contribution >= 4 is 27.6 Å². The molecule has 1 N–H and O–H groups in total. The molecular formula is C14H18ClNO5S. The number of methoxy groups -OCH3 is 1. The van der Waals surface area contributed by atoms with E-state index in [0.717, 1.165) is 9.87 Å². The van der Waals surface area contributed by atoms with Crippen LogP contribution in [-0.4, -0.2) is 49.6 Å². The van der Waals surface area contributed by atoms with Crippen molar-refractivity contribution in [3.8, 4) is 0 Å². The highest BCUT2D eigenvalue weighted by Crippen LogP contribution is 2.36. The average Bonchev–Trinajstić information content (AvgIpc) is 2.88. The number of carboxylic acids is 1. The molecule has 8 heteroatoms. The summed E-state index contributed by atoms with van der Waals surface area (Å²) in [6.07, 6.45) is 0.684. The minimum Gasteiger partial charge on any atom is -0.480 e. The lowest BCUT2D eigenvalue weighted by atomic mass is 9.99. The average molecular weight is 348 g/mol. The van der Waals surface area contributed by atoms with E-state index in [1.165, 1.54) is 19.2 Å². The number of nitrogens with zero attached hydrogens (tertiary/aromatic N) is 1. The number of halogens is 1. The lowest BCUT2D eigenvalue weighted by Gasteiger charge is -2.33. The zero-order chi connectivity index (χ0) is 16.5. The molecule has 22 heavy (non-hydrogen) atoms. The molecule has 0 spiro atoms. The molecule has 122 valence electrons. The Morgan fingerprint density at radius 3 is 2.73 bits per heavy atom. The number of hydrogen-bond donors (Lipinski definition) is 1. The molecule has 0 aliphatic carbocycles. The molecule has 0 radical (unpaired) electrons. The Balaban J connectivity index is 2.51. The number of carboxylic acid groups (broad SMARTS) is 1. The van der Waals surface area contributed by atoms with Crippen molar-refractivity contribution in [1.29, 1.82) is 0 Å². The molecule has 0 bridgehead atoms. The number of ether oxygens (including phenoxy) is 1. The van der Waals surface area contributed by atoms with E-state index >= 15 is 0 Å². The van der Waals surface area contributed by atoms with E-state index in [2.05, 4.69) is 0 Å². The number of aliphatic carboxylic acids is 1. The second-order valence-corrected chi connectivity index (χ2v) is 7.63. The highest BCUT2D eigenvalue weighted by Gasteiger charge is 2.53. The maximum Gasteiger partial charge on any atom is 0.327 e. The maximum absolute atomic E-state index is 12.8. The molecule has 1 heterocycles. The van der Waals surface area contributed by atoms with Gasteiger partial charge < -0.3 is 9.84 Å². The van der Waals surface area contributed by atoms with Crippen molar-refractivity contribution in [3.05, 3.63) is 28.8 Å². The summed E-state index contributed by atoms with van der Waals surface area (Å²) in [4.78, 5) is 11.7. The maximum atomic E-state index is 12.8. The summed E-state index contributed by atoms with van der Waals surface area (Å²) in [5.41, 5.74) is -0.811. The predicted octanol–water partition coefficient (Wildman–Crippen LogP) is 1.90. The van der Waals surface area contributed by atoms with Crippen LogP contribution in [-0.2, 0) is 19.6 Å². The van der Waals surface area contributed by atoms with E-state index in [1.807, 2.05) is 0 Å². The number of sulfonamides is 1. The summed E-state index contributed by atoms with van der Waals surface area (Å²) in [5, 5.41) is 9.89. The van der Waals surface area contributed by atoms with Gasteiger partial charge in [0.25, 0.3) is 0 Å². The number of rotatable bonds is 5. The number of hydrogen-bond acceptors (Lipinski definition) is 4. The predicted molar refractivity (Wildman–Crippen MR) is 81.6 cm³/mol. The van der Waals surface area contributed by atoms with Gasteiger partial charge in [-0.15, -0.1) is 0 Å². The summed E-state index contributed by atoms with van der Waals surface area (Å²) in [6.45, 7) is 1.71. The van der Waals surface area contributed by atoms with Crippen LogP contribution < -0.4 is 0 Å². The van der Waals surface area contributed by atoms with Gasteiger partial charge in [-0.2, -0.15) is 4.31 Å². The number of aryl methyl sites for hydroxylation is 1. The van der Waals surface area contributed by atoms with Gasteiger partial charge in [0.05, 0.1) is 11.5 Å². The highest BCUT2D eigenvalue weighted by molar-refractivity contribution is 7.89. The van der Waals surface area contributed by atoms with E-state index in [1.54, 1.807) is 13.0 Å². The van der Waals surface area contributed by atoms with Crippen molar-refractivity contribution in [2.75, 3.05) is 20.3 Å². The second kappa shape index (κ2) is 6.16. The minimum absolute atomic E-state index is 0.00766. The van der Waals surface area contributed by atoms with E-state index in [-0.39, 0.29) is 24.5 Å². The SMILES string of the molecule is COCC1(C(=O)O)CCCN1S(=O)(=O)c1ccc(C)c(Cl)c1. The smallest absolute Gasteiger partial charge is 0.327 e. The molecule has 2 rings (SSSR count). The van der Waals surface area contributed by atoms with Crippen LogP contribution in [0.1, 0.15) is 18.4 Å². The van der Waals surface area contributed by atoms with Crippen LogP contribution in [0.5, 0.6) is 0 Å². The lowest BCUT2D eigenvalue weighted by molar-refractivity contribution is -0.150. The summed E-state index contributed by atoms with van der Waals surface area (Å²) >= 11 is 6.00. The van der Waals surface area contributed by atoms with Gasteiger partial charge in [0, 0.05) is 18.7 Å². The van der Waals surface area contributed by atoms with Crippen molar-refractivity contribution in [1.82, 2.24) is 4.31 Å². The first-order valence-corrected chi connectivity index (χ1v) is 8.59. The third-order valence-electron chi connectivity index (χ3n) is 3.94. The highest BCUT2D eigenvalue weighted by atomic mass is 35.5. The van der Waals surface area contributed by atoms with Gasteiger partial charge in [-0.25, -0.2) is 8.42 Å². The van der Waals surface area contributed by atoms with Crippen LogP contribution in [0.15, 0.2) is 23.1 Å². The molecule has 1 aliphatic rings. The van der Waals surface area contributed by atoms with E-state index in [9.17, 15) is 18.3 Å². The van der Waals surface area contributed by atoms with Gasteiger partial charge in [-0.05, 0) is 37.5 Å². The third-order valence-corrected chi connectivity index (χ3v) is 6.31. The summed E-state index contributed by atoms with van der Waals surface area (Å²) in [7, 11) is -2.61. The van der Waals surface area contributed by atoms with Crippen molar-refractivity contribution in [2.45, 2.75) is 30.2 Å². The molecule has 1 unspecified atom stereocenters. The van der Waals surface area contributed by atoms with Crippen LogP contribution in [0, 0.1) is 6.92 Å². The Hall–Kier alpha value is -1.15. The van der Waals surface area contributed by atoms with Gasteiger partial charge in [0.1, 0.15) is 0 Å². The third kappa shape index (κ3) is 2.74. The molecule has 0 saturated carbocycles. The fourth-order valence-corrected chi connectivity index (χ4v) is 4.78. The Kier molecular flexibility index (Phi) is 4.81. The monoisotopic (exact) mass is 347 g/mol. The van der Waals surface area contributed by atoms with E-state index in [0.29, 0.717) is 11.4 Å². The lowest BCUT2D eigenvalue weighted by Crippen LogP contribution is -2.55. The first-order valence-electron chi connectivity index (χ1n) is 6.77. The van der Waals surface area contributed by atoms with Crippen LogP contribution >= 0.6 is 11.6 Å². The summed E-state index contributed by atoms with van der Waals surface area (Å²) in [6, 6.07) is 4.39. The van der Waals surface area contributed by atoms with Crippen molar-refractivity contribution < 1.29 is 23.1 Å². The Morgan fingerprint density at radius 2 is 2.18 bits per heavy atom. The Labute approximate surface area is 134 Å². The fourth-order valence-electron chi connectivity index (χ4n) is 2.72. The normalized spacial score (nSPS) is 22.9. The Bertz CT molecular complexity index is 690. The molecule has 0 amide bonds. The van der Waals surface area contributed by atoms with Gasteiger partial charge in [-0.3, -0.25) is 4.79 Å². The largest absolute Gasteiger partial charge is 0.480 e. The first-order chi connectivity index (χ1) is 10.3. The standard InChI is InChI=1S/C14H18ClNO5S/c1-10-4-5-11(8-12(10)15)22(19,20)16-7-3-6-14(16,9-21-2)13(17)18/h4-5,8H,3,6-7,9H2,1-2H3,(H,17,18). The zero-order valence-corrected chi connectivity index (χ0v) is 13.9. The topological polar surface area (TPSA) is 83.9 Å². The molecule has 0 aromatic heterocycles. The summed E-state index contributed by atoms with van der Waals surface area (Å²) < 4.78 is 31.7. The second-order valence-electron chi connectivity index (χ2n) is 5.36. The van der Waals surface area contributed by atoms with E-state index in [4.69, 9.17) is 16.3 Å². The van der Waals surface area contributed by atoms with Gasteiger partial charge in [0.2, 0.25) is 10.0 Å². The first kappa shape index (κ1) is 17.2. The van der Waals surface area contributed by atoms with E-state index < -0.39 is 21.5 Å². The van der Waals surface area contributed by atoms with Gasteiger partial charge >= 0.3 is 5.97 Å². The number of benzene rings is 1. The summed E-state index contributed by atoms with van der Waals surface area (Å²) in [5.74, 6) is -1.20. The van der Waals surface area contributed by atoms with Crippen LogP contribution in [0.25, 0.3) is 0 Å². The van der Waals surface area contributed by atoms with Crippen molar-refractivity contribution in [2.24, 2.45) is 0 Å². The van der Waals surface area contributed by atoms with Crippen LogP contribution in [0.4, 0.5) is 0 Å². The molecule has 1 aromatic rings. The fraction of sp³-hybridized carbons (Fsp3) is 0.500.